The van der Waals surface area contributed by atoms with Crippen molar-refractivity contribution in [1.29, 1.82) is 0 Å². The first kappa shape index (κ1) is 27.9. The van der Waals surface area contributed by atoms with Crippen molar-refractivity contribution >= 4 is 17.2 Å². The molecule has 0 unspecified atom stereocenters. The Hall–Kier alpha value is -4.68. The smallest absolute Gasteiger partial charge is 0.197 e. The highest BCUT2D eigenvalue weighted by Gasteiger charge is 2.28. The number of ketones is 1. The van der Waals surface area contributed by atoms with Gasteiger partial charge in [0.15, 0.2) is 17.3 Å². The molecular formula is C32H30FN5O3. The fourth-order valence-electron chi connectivity index (χ4n) is 5.34. The molecule has 0 saturated carbocycles. The van der Waals surface area contributed by atoms with Crippen molar-refractivity contribution in [1.82, 2.24) is 15.0 Å². The second kappa shape index (κ2) is 12.2. The van der Waals surface area contributed by atoms with Crippen LogP contribution < -0.4 is 9.64 Å². The Labute approximate surface area is 238 Å². The first-order chi connectivity index (χ1) is 19.9. The number of aliphatic hydroxyl groups excluding tert-OH is 1. The monoisotopic (exact) mass is 551 g/mol. The molecule has 2 aromatic heterocycles. The quantitative estimate of drug-likeness (QED) is 0.214. The number of benzene rings is 2. The van der Waals surface area contributed by atoms with Gasteiger partial charge in [0.1, 0.15) is 17.3 Å². The SMILES string of the molecule is [C-]#[N+]c1ccncc1-c1ccc(CC(=O)c2ccnc(-c3c(F)cccc3OC)n2)c(N2C[C@@H](C)CC[C@H]2CO)c1. The molecule has 0 spiro atoms. The number of Topliss-reactive ketones (excluding diaryl/α,β-unsaturated/α-hetero) is 1. The van der Waals surface area contributed by atoms with Gasteiger partial charge in [-0.25, -0.2) is 19.2 Å². The zero-order valence-electron chi connectivity index (χ0n) is 22.9. The second-order valence-electron chi connectivity index (χ2n) is 10.2. The summed E-state index contributed by atoms with van der Waals surface area (Å²) in [6.45, 7) is 10.5. The normalized spacial score (nSPS) is 16.7. The molecule has 1 N–H and O–H groups in total. The maximum atomic E-state index is 14.7. The number of piperidine rings is 1. The Balaban J connectivity index is 1.54. The summed E-state index contributed by atoms with van der Waals surface area (Å²) < 4.78 is 20.0. The molecule has 2 atom stereocenters. The average molecular weight is 552 g/mol. The van der Waals surface area contributed by atoms with Gasteiger partial charge < -0.3 is 14.7 Å². The van der Waals surface area contributed by atoms with Gasteiger partial charge in [-0.2, -0.15) is 0 Å². The molecule has 1 fully saturated rings. The third-order valence-corrected chi connectivity index (χ3v) is 7.49. The molecule has 0 amide bonds. The highest BCUT2D eigenvalue weighted by molar-refractivity contribution is 5.97. The van der Waals surface area contributed by atoms with Crippen LogP contribution in [0.15, 0.2) is 67.1 Å². The van der Waals surface area contributed by atoms with Crippen LogP contribution in [-0.2, 0) is 6.42 Å². The molecule has 3 heterocycles. The second-order valence-corrected chi connectivity index (χ2v) is 10.2. The van der Waals surface area contributed by atoms with Crippen LogP contribution >= 0.6 is 0 Å². The number of aromatic nitrogens is 3. The molecule has 1 aliphatic heterocycles. The van der Waals surface area contributed by atoms with Crippen LogP contribution in [0.2, 0.25) is 0 Å². The molecule has 1 aliphatic rings. The predicted molar refractivity (Wildman–Crippen MR) is 155 cm³/mol. The van der Waals surface area contributed by atoms with E-state index in [1.54, 1.807) is 24.5 Å². The van der Waals surface area contributed by atoms with E-state index in [9.17, 15) is 14.3 Å². The molecule has 1 saturated heterocycles. The minimum atomic E-state index is -0.546. The fraction of sp³-hybridized carbons (Fsp3) is 0.281. The standard InChI is InChI=1S/C32H30FN5O3/c1-20-7-10-23(19-39)38(18-20)28-15-21(24-17-35-13-11-26(24)34-2)8-9-22(28)16-29(40)27-12-14-36-32(37-27)31-25(33)5-4-6-30(31)41-3/h4-6,8-9,11-15,17,20,23,39H,7,10,16,18-19H2,1,3H3/t20-,23-/m0/s1. The lowest BCUT2D eigenvalue weighted by molar-refractivity contribution is 0.0988. The van der Waals surface area contributed by atoms with Crippen LogP contribution in [0, 0.1) is 18.3 Å². The number of pyridine rings is 1. The Kier molecular flexibility index (Phi) is 8.31. The first-order valence-electron chi connectivity index (χ1n) is 13.4. The molecule has 8 nitrogen and oxygen atoms in total. The molecule has 4 aromatic rings. The molecule has 0 bridgehead atoms. The molecule has 0 aliphatic carbocycles. The molecule has 41 heavy (non-hydrogen) atoms. The van der Waals surface area contributed by atoms with Crippen LogP contribution in [0.1, 0.15) is 35.8 Å². The molecule has 9 heteroatoms. The van der Waals surface area contributed by atoms with Gasteiger partial charge in [-0.15, -0.1) is 0 Å². The van der Waals surface area contributed by atoms with Crippen molar-refractivity contribution in [2.24, 2.45) is 5.92 Å². The van der Waals surface area contributed by atoms with Crippen LogP contribution in [-0.4, -0.2) is 52.1 Å². The van der Waals surface area contributed by atoms with Gasteiger partial charge in [0.05, 0.1) is 31.9 Å². The number of aliphatic hydroxyl groups is 1. The van der Waals surface area contributed by atoms with Crippen LogP contribution in [0.3, 0.4) is 0 Å². The van der Waals surface area contributed by atoms with Gasteiger partial charge in [0.2, 0.25) is 0 Å². The van der Waals surface area contributed by atoms with E-state index in [1.165, 1.54) is 31.5 Å². The summed E-state index contributed by atoms with van der Waals surface area (Å²) in [5, 5.41) is 10.2. The number of hydrogen-bond donors (Lipinski definition) is 1. The molecular weight excluding hydrogens is 521 g/mol. The lowest BCUT2D eigenvalue weighted by Gasteiger charge is -2.40. The number of carbonyl (C=O) groups is 1. The summed E-state index contributed by atoms with van der Waals surface area (Å²) in [5.74, 6) is -0.0600. The van der Waals surface area contributed by atoms with E-state index in [-0.39, 0.29) is 47.7 Å². The van der Waals surface area contributed by atoms with Crippen molar-refractivity contribution in [2.75, 3.05) is 25.2 Å². The minimum absolute atomic E-state index is 0.00965. The first-order valence-corrected chi connectivity index (χ1v) is 13.4. The van der Waals surface area contributed by atoms with Crippen molar-refractivity contribution in [3.63, 3.8) is 0 Å². The van der Waals surface area contributed by atoms with Gasteiger partial charge >= 0.3 is 0 Å². The summed E-state index contributed by atoms with van der Waals surface area (Å²) in [4.78, 5) is 32.3. The van der Waals surface area contributed by atoms with Gasteiger partial charge in [-0.05, 0) is 60.2 Å². The summed E-state index contributed by atoms with van der Waals surface area (Å²) >= 11 is 0. The number of ether oxygens (including phenoxy) is 1. The number of anilines is 1. The zero-order valence-corrected chi connectivity index (χ0v) is 22.9. The van der Waals surface area contributed by atoms with E-state index in [0.717, 1.165) is 36.2 Å². The Bertz CT molecular complexity index is 1620. The van der Waals surface area contributed by atoms with Crippen LogP contribution in [0.5, 0.6) is 5.75 Å². The number of rotatable bonds is 8. The van der Waals surface area contributed by atoms with E-state index < -0.39 is 5.82 Å². The number of methoxy groups -OCH3 is 1. The van der Waals surface area contributed by atoms with Crippen molar-refractivity contribution in [3.8, 4) is 28.3 Å². The summed E-state index contributed by atoms with van der Waals surface area (Å²) in [7, 11) is 1.44. The van der Waals surface area contributed by atoms with Gasteiger partial charge in [-0.3, -0.25) is 9.78 Å². The molecule has 208 valence electrons. The average Bonchev–Trinajstić information content (AvgIpc) is 3.01. The largest absolute Gasteiger partial charge is 0.496 e. The lowest BCUT2D eigenvalue weighted by Crippen LogP contribution is -2.45. The van der Waals surface area contributed by atoms with Crippen molar-refractivity contribution in [3.05, 3.63) is 95.6 Å². The number of nitrogens with zero attached hydrogens (tertiary/aromatic N) is 5. The minimum Gasteiger partial charge on any atom is -0.496 e. The third-order valence-electron chi connectivity index (χ3n) is 7.49. The molecule has 5 rings (SSSR count). The Morgan fingerprint density at radius 2 is 2.05 bits per heavy atom. The van der Waals surface area contributed by atoms with E-state index in [4.69, 9.17) is 11.3 Å². The van der Waals surface area contributed by atoms with E-state index in [2.05, 4.69) is 31.6 Å². The third kappa shape index (κ3) is 5.79. The summed E-state index contributed by atoms with van der Waals surface area (Å²) in [5.41, 5.74) is 3.83. The topological polar surface area (TPSA) is 92.8 Å². The van der Waals surface area contributed by atoms with Crippen LogP contribution in [0.25, 0.3) is 27.4 Å². The van der Waals surface area contributed by atoms with Gasteiger partial charge in [-0.1, -0.05) is 25.1 Å². The summed E-state index contributed by atoms with van der Waals surface area (Å²) in [6, 6.07) is 13.3. The summed E-state index contributed by atoms with van der Waals surface area (Å²) in [6.07, 6.45) is 6.56. The predicted octanol–water partition coefficient (Wildman–Crippen LogP) is 5.93. The van der Waals surface area contributed by atoms with Gasteiger partial charge in [0, 0.05) is 42.8 Å². The van der Waals surface area contributed by atoms with Crippen molar-refractivity contribution in [2.45, 2.75) is 32.2 Å². The van der Waals surface area contributed by atoms with Crippen LogP contribution in [0.4, 0.5) is 15.8 Å². The Morgan fingerprint density at radius 1 is 1.20 bits per heavy atom. The maximum absolute atomic E-state index is 14.7. The van der Waals surface area contributed by atoms with E-state index in [1.807, 2.05) is 18.2 Å². The fourth-order valence-corrected chi connectivity index (χ4v) is 5.34. The van der Waals surface area contributed by atoms with E-state index in [0.29, 0.717) is 17.2 Å². The number of carbonyl (C=O) groups excluding carboxylic acids is 1. The highest BCUT2D eigenvalue weighted by atomic mass is 19.1. The lowest BCUT2D eigenvalue weighted by atomic mass is 9.91. The molecule has 2 aromatic carbocycles. The van der Waals surface area contributed by atoms with Crippen molar-refractivity contribution < 1.29 is 19.0 Å². The highest BCUT2D eigenvalue weighted by Crippen LogP contribution is 2.37. The van der Waals surface area contributed by atoms with Gasteiger partial charge in [0.25, 0.3) is 0 Å². The zero-order chi connectivity index (χ0) is 28.9. The number of hydrogen-bond acceptors (Lipinski definition) is 7. The molecule has 0 radical (unpaired) electrons. The maximum Gasteiger partial charge on any atom is 0.197 e. The number of halogens is 1. The Morgan fingerprint density at radius 3 is 2.83 bits per heavy atom. The van der Waals surface area contributed by atoms with E-state index >= 15 is 0 Å².